The number of nitrogens with one attached hydrogen (secondary N) is 1. The molecule has 1 rings (SSSR count). The van der Waals surface area contributed by atoms with Gasteiger partial charge in [-0.1, -0.05) is 45.0 Å². The maximum Gasteiger partial charge on any atom is 0.305 e. The van der Waals surface area contributed by atoms with Crippen LogP contribution in [-0.2, 0) is 15.0 Å². The van der Waals surface area contributed by atoms with Crippen molar-refractivity contribution in [1.29, 1.82) is 0 Å². The second-order valence-electron chi connectivity index (χ2n) is 6.33. The first-order chi connectivity index (χ1) is 10.2. The van der Waals surface area contributed by atoms with E-state index in [-0.39, 0.29) is 17.7 Å². The zero-order valence-electron chi connectivity index (χ0n) is 13.7. The minimum absolute atomic E-state index is 0.0441. The third-order valence-electron chi connectivity index (χ3n) is 3.43. The summed E-state index contributed by atoms with van der Waals surface area (Å²) < 4.78 is 0. The fourth-order valence-electron chi connectivity index (χ4n) is 2.10. The number of amides is 1. The van der Waals surface area contributed by atoms with Crippen molar-refractivity contribution in [3.05, 3.63) is 35.4 Å². The van der Waals surface area contributed by atoms with Gasteiger partial charge < -0.3 is 10.4 Å². The van der Waals surface area contributed by atoms with Crippen LogP contribution < -0.4 is 5.32 Å². The molecule has 0 aromatic heterocycles. The van der Waals surface area contributed by atoms with E-state index in [0.29, 0.717) is 6.42 Å². The molecule has 0 bridgehead atoms. The summed E-state index contributed by atoms with van der Waals surface area (Å²) in [5, 5.41) is 11.9. The quantitative estimate of drug-likeness (QED) is 0.807. The lowest BCUT2D eigenvalue weighted by Crippen LogP contribution is -2.30. The van der Waals surface area contributed by atoms with Gasteiger partial charge in [0.05, 0.1) is 12.5 Å². The number of hydrogen-bond donors (Lipinski definition) is 2. The first kappa shape index (κ1) is 18.6. The van der Waals surface area contributed by atoms with E-state index < -0.39 is 12.0 Å². The Kier molecular flexibility index (Phi) is 6.94. The van der Waals surface area contributed by atoms with E-state index in [4.69, 9.17) is 5.11 Å². The lowest BCUT2D eigenvalue weighted by atomic mass is 9.86. The molecule has 0 aliphatic carbocycles. The summed E-state index contributed by atoms with van der Waals surface area (Å²) in [5.74, 6) is -0.301. The molecule has 22 heavy (non-hydrogen) atoms. The van der Waals surface area contributed by atoms with Crippen LogP contribution in [0.3, 0.4) is 0 Å². The number of aliphatic carboxylic acids is 1. The monoisotopic (exact) mass is 323 g/mol. The lowest BCUT2D eigenvalue weighted by molar-refractivity contribution is -0.137. The van der Waals surface area contributed by atoms with Crippen molar-refractivity contribution in [1.82, 2.24) is 5.32 Å². The zero-order valence-corrected chi connectivity index (χ0v) is 14.5. The molecule has 0 heterocycles. The van der Waals surface area contributed by atoms with E-state index in [1.54, 1.807) is 11.8 Å². The van der Waals surface area contributed by atoms with E-state index in [9.17, 15) is 9.59 Å². The van der Waals surface area contributed by atoms with E-state index >= 15 is 0 Å². The van der Waals surface area contributed by atoms with Gasteiger partial charge >= 0.3 is 5.97 Å². The number of benzene rings is 1. The largest absolute Gasteiger partial charge is 0.481 e. The summed E-state index contributed by atoms with van der Waals surface area (Å²) in [7, 11) is 0. The standard InChI is InChI=1S/C17H25NO3S/c1-17(2,3)13-7-5-12(6-8-13)14(11-16(20)21)18-15(19)9-10-22-4/h5-8,14H,9-11H2,1-4H3,(H,18,19)(H,20,21). The average Bonchev–Trinajstić information content (AvgIpc) is 2.43. The molecular formula is C17H25NO3S. The second-order valence-corrected chi connectivity index (χ2v) is 7.32. The van der Waals surface area contributed by atoms with E-state index in [0.717, 1.165) is 11.3 Å². The minimum atomic E-state index is -0.921. The van der Waals surface area contributed by atoms with Crippen molar-refractivity contribution in [3.8, 4) is 0 Å². The molecule has 1 aromatic carbocycles. The summed E-state index contributed by atoms with van der Waals surface area (Å²) in [4.78, 5) is 22.9. The van der Waals surface area contributed by atoms with Gasteiger partial charge in [0.25, 0.3) is 0 Å². The predicted octanol–water partition coefficient (Wildman–Crippen LogP) is 3.37. The van der Waals surface area contributed by atoms with Crippen LogP contribution in [0.5, 0.6) is 0 Å². The fourth-order valence-corrected chi connectivity index (χ4v) is 2.49. The summed E-state index contributed by atoms with van der Waals surface area (Å²) in [5.41, 5.74) is 2.05. The maximum atomic E-state index is 11.9. The second kappa shape index (κ2) is 8.22. The van der Waals surface area contributed by atoms with Crippen LogP contribution in [0.25, 0.3) is 0 Å². The summed E-state index contributed by atoms with van der Waals surface area (Å²) in [6, 6.07) is 7.32. The van der Waals surface area contributed by atoms with Gasteiger partial charge in [-0.15, -0.1) is 0 Å². The predicted molar refractivity (Wildman–Crippen MR) is 91.3 cm³/mol. The zero-order chi connectivity index (χ0) is 16.8. The Morgan fingerprint density at radius 1 is 1.23 bits per heavy atom. The molecule has 1 unspecified atom stereocenters. The van der Waals surface area contributed by atoms with Gasteiger partial charge in [0.2, 0.25) is 5.91 Å². The van der Waals surface area contributed by atoms with Crippen molar-refractivity contribution in [2.24, 2.45) is 0 Å². The van der Waals surface area contributed by atoms with Gasteiger partial charge in [0, 0.05) is 12.2 Å². The Morgan fingerprint density at radius 2 is 1.82 bits per heavy atom. The lowest BCUT2D eigenvalue weighted by Gasteiger charge is -2.22. The van der Waals surface area contributed by atoms with Crippen molar-refractivity contribution in [2.45, 2.75) is 45.1 Å². The van der Waals surface area contributed by atoms with Gasteiger partial charge in [-0.2, -0.15) is 11.8 Å². The van der Waals surface area contributed by atoms with Crippen LogP contribution in [-0.4, -0.2) is 29.0 Å². The highest BCUT2D eigenvalue weighted by atomic mass is 32.2. The normalized spacial score (nSPS) is 12.7. The highest BCUT2D eigenvalue weighted by molar-refractivity contribution is 7.98. The molecule has 0 aliphatic rings. The molecule has 0 spiro atoms. The highest BCUT2D eigenvalue weighted by Crippen LogP contribution is 2.25. The fraction of sp³-hybridized carbons (Fsp3) is 0.529. The Bertz CT molecular complexity index is 506. The number of carbonyl (C=O) groups is 2. The molecule has 1 aromatic rings. The smallest absolute Gasteiger partial charge is 0.305 e. The summed E-state index contributed by atoms with van der Waals surface area (Å²) in [6.07, 6.45) is 2.23. The molecule has 0 aliphatic heterocycles. The molecule has 0 radical (unpaired) electrons. The Labute approximate surface area is 136 Å². The summed E-state index contributed by atoms with van der Waals surface area (Å²) >= 11 is 1.59. The van der Waals surface area contributed by atoms with Crippen molar-refractivity contribution in [2.75, 3.05) is 12.0 Å². The van der Waals surface area contributed by atoms with Crippen molar-refractivity contribution >= 4 is 23.6 Å². The van der Waals surface area contributed by atoms with Crippen LogP contribution in [0.2, 0.25) is 0 Å². The third kappa shape index (κ3) is 6.10. The number of hydrogen-bond acceptors (Lipinski definition) is 3. The van der Waals surface area contributed by atoms with E-state index in [2.05, 4.69) is 26.1 Å². The first-order valence-electron chi connectivity index (χ1n) is 7.34. The highest BCUT2D eigenvalue weighted by Gasteiger charge is 2.19. The first-order valence-corrected chi connectivity index (χ1v) is 8.74. The van der Waals surface area contributed by atoms with Gasteiger partial charge in [-0.25, -0.2) is 0 Å². The number of carboxylic acid groups (broad SMARTS) is 1. The topological polar surface area (TPSA) is 66.4 Å². The molecule has 1 amide bonds. The van der Waals surface area contributed by atoms with Crippen molar-refractivity contribution < 1.29 is 14.7 Å². The molecule has 0 saturated heterocycles. The Balaban J connectivity index is 2.87. The third-order valence-corrected chi connectivity index (χ3v) is 4.04. The van der Waals surface area contributed by atoms with Gasteiger partial charge in [-0.3, -0.25) is 9.59 Å². The SMILES string of the molecule is CSCCC(=O)NC(CC(=O)O)c1ccc(C(C)(C)C)cc1. The van der Waals surface area contributed by atoms with Crippen LogP contribution in [0.15, 0.2) is 24.3 Å². The Morgan fingerprint density at radius 3 is 2.27 bits per heavy atom. The van der Waals surface area contributed by atoms with Crippen LogP contribution in [0.1, 0.15) is 50.8 Å². The number of thioether (sulfide) groups is 1. The minimum Gasteiger partial charge on any atom is -0.481 e. The molecule has 4 nitrogen and oxygen atoms in total. The van der Waals surface area contributed by atoms with E-state index in [1.165, 1.54) is 5.56 Å². The maximum absolute atomic E-state index is 11.9. The van der Waals surface area contributed by atoms with Crippen LogP contribution >= 0.6 is 11.8 Å². The molecular weight excluding hydrogens is 298 g/mol. The molecule has 1 atom stereocenters. The average molecular weight is 323 g/mol. The van der Waals surface area contributed by atoms with E-state index in [1.807, 2.05) is 30.5 Å². The van der Waals surface area contributed by atoms with Crippen molar-refractivity contribution in [3.63, 3.8) is 0 Å². The summed E-state index contributed by atoms with van der Waals surface area (Å²) in [6.45, 7) is 6.38. The van der Waals surface area contributed by atoms with Gasteiger partial charge in [-0.05, 0) is 22.8 Å². The van der Waals surface area contributed by atoms with Crippen LogP contribution in [0.4, 0.5) is 0 Å². The van der Waals surface area contributed by atoms with Gasteiger partial charge in [0.1, 0.15) is 0 Å². The number of carboxylic acids is 1. The molecule has 122 valence electrons. The molecule has 5 heteroatoms. The molecule has 0 fully saturated rings. The Hall–Kier alpha value is -1.49. The molecule has 2 N–H and O–H groups in total. The van der Waals surface area contributed by atoms with Crippen LogP contribution in [0, 0.1) is 0 Å². The number of rotatable bonds is 7. The number of carbonyl (C=O) groups excluding carboxylic acids is 1. The molecule has 0 saturated carbocycles. The van der Waals surface area contributed by atoms with Gasteiger partial charge in [0.15, 0.2) is 0 Å².